The summed E-state index contributed by atoms with van der Waals surface area (Å²) in [5.74, 6) is -1.31. The van der Waals surface area contributed by atoms with Crippen LogP contribution in [0.2, 0.25) is 0 Å². The first kappa shape index (κ1) is 20.3. The van der Waals surface area contributed by atoms with Gasteiger partial charge in [0.1, 0.15) is 5.60 Å². The molecule has 1 fully saturated rings. The maximum atomic E-state index is 12.1. The summed E-state index contributed by atoms with van der Waals surface area (Å²) in [6.45, 7) is 6.59. The first-order valence-electron chi connectivity index (χ1n) is 8.43. The summed E-state index contributed by atoms with van der Waals surface area (Å²) in [5, 5.41) is 19.9. The molecule has 10 heteroatoms. The lowest BCUT2D eigenvalue weighted by atomic mass is 10.2. The summed E-state index contributed by atoms with van der Waals surface area (Å²) < 4.78 is 10.3. The number of aliphatic carboxylic acids is 1. The van der Waals surface area contributed by atoms with Crippen LogP contribution in [0, 0.1) is 10.1 Å². The van der Waals surface area contributed by atoms with E-state index >= 15 is 0 Å². The second-order valence-electron chi connectivity index (χ2n) is 7.05. The van der Waals surface area contributed by atoms with E-state index < -0.39 is 23.1 Å². The van der Waals surface area contributed by atoms with E-state index in [1.165, 1.54) is 12.1 Å². The van der Waals surface area contributed by atoms with E-state index in [2.05, 4.69) is 0 Å². The number of carbonyl (C=O) groups excluding carboxylic acids is 1. The zero-order valence-corrected chi connectivity index (χ0v) is 15.5. The van der Waals surface area contributed by atoms with Crippen molar-refractivity contribution in [3.63, 3.8) is 0 Å². The molecule has 1 heterocycles. The van der Waals surface area contributed by atoms with Crippen LogP contribution < -0.4 is 9.64 Å². The Balaban J connectivity index is 2.05. The van der Waals surface area contributed by atoms with Gasteiger partial charge in [-0.2, -0.15) is 0 Å². The Bertz CT molecular complexity index is 722. The van der Waals surface area contributed by atoms with Gasteiger partial charge in [-0.15, -0.1) is 0 Å². The molecule has 0 radical (unpaired) electrons. The van der Waals surface area contributed by atoms with Gasteiger partial charge in [-0.1, -0.05) is 0 Å². The van der Waals surface area contributed by atoms with Crippen LogP contribution in [0.4, 0.5) is 16.2 Å². The van der Waals surface area contributed by atoms with Crippen molar-refractivity contribution in [3.8, 4) is 5.75 Å². The highest BCUT2D eigenvalue weighted by Gasteiger charge is 2.27. The summed E-state index contributed by atoms with van der Waals surface area (Å²) in [6, 6.07) is 4.37. The number of nitro benzene ring substituents is 1. The standard InChI is InChI=1S/C17H23N3O7/c1-17(2,3)27-16(23)19-8-6-18(7-9-19)12-4-5-14(26-11-15(21)22)13(10-12)20(24)25/h4-5,10H,6-9,11H2,1-3H3,(H,21,22). The summed E-state index contributed by atoms with van der Waals surface area (Å²) in [4.78, 5) is 36.9. The van der Waals surface area contributed by atoms with Crippen LogP contribution >= 0.6 is 0 Å². The molecule has 0 atom stereocenters. The number of piperazine rings is 1. The number of hydrogen-bond acceptors (Lipinski definition) is 7. The fourth-order valence-electron chi connectivity index (χ4n) is 2.58. The van der Waals surface area contributed by atoms with Crippen molar-refractivity contribution in [2.45, 2.75) is 26.4 Å². The average molecular weight is 381 g/mol. The van der Waals surface area contributed by atoms with E-state index in [4.69, 9.17) is 14.6 Å². The molecule has 0 saturated carbocycles. The van der Waals surface area contributed by atoms with Crippen molar-refractivity contribution in [1.29, 1.82) is 0 Å². The SMILES string of the molecule is CC(C)(C)OC(=O)N1CCN(c2ccc(OCC(=O)O)c([N+](=O)[O-])c2)CC1. The fraction of sp³-hybridized carbons (Fsp3) is 0.529. The van der Waals surface area contributed by atoms with Crippen LogP contribution in [0.5, 0.6) is 5.75 Å². The Morgan fingerprint density at radius 3 is 2.37 bits per heavy atom. The smallest absolute Gasteiger partial charge is 0.410 e. The fourth-order valence-corrected chi connectivity index (χ4v) is 2.58. The number of amides is 1. The van der Waals surface area contributed by atoms with E-state index in [1.807, 2.05) is 4.90 Å². The molecule has 0 aliphatic carbocycles. The average Bonchev–Trinajstić information content (AvgIpc) is 2.58. The van der Waals surface area contributed by atoms with Crippen LogP contribution in [-0.4, -0.2) is 65.4 Å². The Morgan fingerprint density at radius 2 is 1.85 bits per heavy atom. The first-order valence-corrected chi connectivity index (χ1v) is 8.43. The van der Waals surface area contributed by atoms with Gasteiger partial charge in [-0.25, -0.2) is 9.59 Å². The van der Waals surface area contributed by atoms with Gasteiger partial charge >= 0.3 is 17.7 Å². The predicted octanol–water partition coefficient (Wildman–Crippen LogP) is 2.12. The highest BCUT2D eigenvalue weighted by Crippen LogP contribution is 2.32. The van der Waals surface area contributed by atoms with Gasteiger partial charge in [0.25, 0.3) is 0 Å². The number of benzene rings is 1. The lowest BCUT2D eigenvalue weighted by Crippen LogP contribution is -2.50. The monoisotopic (exact) mass is 381 g/mol. The Hall–Kier alpha value is -3.04. The van der Waals surface area contributed by atoms with Crippen molar-refractivity contribution < 1.29 is 29.1 Å². The van der Waals surface area contributed by atoms with Gasteiger partial charge in [0.2, 0.25) is 0 Å². The van der Waals surface area contributed by atoms with Gasteiger partial charge in [-0.05, 0) is 32.9 Å². The molecule has 1 N–H and O–H groups in total. The molecule has 0 aromatic heterocycles. The molecule has 0 unspecified atom stereocenters. The zero-order valence-electron chi connectivity index (χ0n) is 15.5. The minimum absolute atomic E-state index is 0.0986. The van der Waals surface area contributed by atoms with Crippen molar-refractivity contribution in [2.75, 3.05) is 37.7 Å². The van der Waals surface area contributed by atoms with Crippen LogP contribution in [0.25, 0.3) is 0 Å². The van der Waals surface area contributed by atoms with Crippen LogP contribution in [-0.2, 0) is 9.53 Å². The molecule has 1 amide bonds. The predicted molar refractivity (Wildman–Crippen MR) is 96.2 cm³/mol. The third-order valence-electron chi connectivity index (χ3n) is 3.79. The lowest BCUT2D eigenvalue weighted by Gasteiger charge is -2.36. The molecule has 10 nitrogen and oxygen atoms in total. The van der Waals surface area contributed by atoms with Crippen LogP contribution in [0.15, 0.2) is 18.2 Å². The molecule has 1 aliphatic rings. The molecule has 2 rings (SSSR count). The van der Waals surface area contributed by atoms with E-state index in [-0.39, 0.29) is 17.5 Å². The van der Waals surface area contributed by atoms with E-state index in [0.29, 0.717) is 31.9 Å². The molecular weight excluding hydrogens is 358 g/mol. The Labute approximate surface area is 156 Å². The van der Waals surface area contributed by atoms with Gasteiger partial charge in [0, 0.05) is 37.9 Å². The van der Waals surface area contributed by atoms with E-state index in [0.717, 1.165) is 0 Å². The quantitative estimate of drug-likeness (QED) is 0.608. The minimum atomic E-state index is -1.22. The van der Waals surface area contributed by atoms with Crippen molar-refractivity contribution in [3.05, 3.63) is 28.3 Å². The summed E-state index contributed by atoms with van der Waals surface area (Å²) >= 11 is 0. The van der Waals surface area contributed by atoms with Gasteiger partial charge < -0.3 is 24.4 Å². The van der Waals surface area contributed by atoms with E-state index in [1.54, 1.807) is 31.7 Å². The number of nitro groups is 1. The summed E-state index contributed by atoms with van der Waals surface area (Å²) in [7, 11) is 0. The largest absolute Gasteiger partial charge is 0.479 e. The number of hydrogen-bond donors (Lipinski definition) is 1. The third kappa shape index (κ3) is 5.73. The molecule has 1 saturated heterocycles. The van der Waals surface area contributed by atoms with Crippen LogP contribution in [0.1, 0.15) is 20.8 Å². The second kappa shape index (κ2) is 8.11. The number of anilines is 1. The summed E-state index contributed by atoms with van der Waals surface area (Å²) in [6.07, 6.45) is -0.384. The maximum absolute atomic E-state index is 12.1. The number of carboxylic acid groups (broad SMARTS) is 1. The van der Waals surface area contributed by atoms with Gasteiger partial charge in [0.15, 0.2) is 12.4 Å². The van der Waals surface area contributed by atoms with Gasteiger partial charge in [0.05, 0.1) is 4.92 Å². The van der Waals surface area contributed by atoms with Crippen LogP contribution in [0.3, 0.4) is 0 Å². The number of carboxylic acids is 1. The van der Waals surface area contributed by atoms with Crippen molar-refractivity contribution in [1.82, 2.24) is 4.90 Å². The maximum Gasteiger partial charge on any atom is 0.410 e. The van der Waals surface area contributed by atoms with Gasteiger partial charge in [-0.3, -0.25) is 10.1 Å². The molecular formula is C17H23N3O7. The Kier molecular flexibility index (Phi) is 6.09. The lowest BCUT2D eigenvalue weighted by molar-refractivity contribution is -0.385. The highest BCUT2D eigenvalue weighted by molar-refractivity contribution is 5.70. The molecule has 1 aromatic rings. The molecule has 148 valence electrons. The van der Waals surface area contributed by atoms with Crippen molar-refractivity contribution >= 4 is 23.4 Å². The highest BCUT2D eigenvalue weighted by atomic mass is 16.6. The number of nitrogens with zero attached hydrogens (tertiary/aromatic N) is 3. The Morgan fingerprint density at radius 1 is 1.22 bits per heavy atom. The molecule has 27 heavy (non-hydrogen) atoms. The van der Waals surface area contributed by atoms with Crippen molar-refractivity contribution in [2.24, 2.45) is 0 Å². The number of ether oxygens (including phenoxy) is 2. The normalized spacial score (nSPS) is 14.6. The number of rotatable bonds is 5. The first-order chi connectivity index (χ1) is 12.6. The zero-order chi connectivity index (χ0) is 20.2. The minimum Gasteiger partial charge on any atom is -0.479 e. The molecule has 1 aliphatic heterocycles. The molecule has 1 aromatic carbocycles. The topological polar surface area (TPSA) is 122 Å². The third-order valence-corrected chi connectivity index (χ3v) is 3.79. The molecule has 0 bridgehead atoms. The second-order valence-corrected chi connectivity index (χ2v) is 7.05. The summed E-state index contributed by atoms with van der Waals surface area (Å²) in [5.41, 5.74) is -0.266. The van der Waals surface area contributed by atoms with E-state index in [9.17, 15) is 19.7 Å². The molecule has 0 spiro atoms. The number of carbonyl (C=O) groups is 2.